The van der Waals surface area contributed by atoms with Crippen LogP contribution < -0.4 is 5.11 Å². The summed E-state index contributed by atoms with van der Waals surface area (Å²) in [6.07, 6.45) is 0. The zero-order valence-corrected chi connectivity index (χ0v) is 8.78. The van der Waals surface area contributed by atoms with E-state index in [1.807, 2.05) is 0 Å². The van der Waals surface area contributed by atoms with Crippen LogP contribution in [0, 0.1) is 0 Å². The van der Waals surface area contributed by atoms with Gasteiger partial charge in [-0.05, 0) is 13.0 Å². The number of benzene rings is 1. The lowest BCUT2D eigenvalue weighted by Gasteiger charge is -2.11. The highest BCUT2D eigenvalue weighted by atomic mass is 32.2. The Kier molecular flexibility index (Phi) is 3.74. The summed E-state index contributed by atoms with van der Waals surface area (Å²) >= 11 is 0.986. The fourth-order valence-electron chi connectivity index (χ4n) is 0.979. The van der Waals surface area contributed by atoms with Crippen molar-refractivity contribution in [2.75, 3.05) is 0 Å². The average Bonchev–Trinajstić information content (AvgIpc) is 2.18. The molecule has 0 bridgehead atoms. The van der Waals surface area contributed by atoms with Crippen molar-refractivity contribution in [1.29, 1.82) is 0 Å². The summed E-state index contributed by atoms with van der Waals surface area (Å²) in [4.78, 5) is 21.7. The van der Waals surface area contributed by atoms with E-state index in [9.17, 15) is 14.7 Å². The van der Waals surface area contributed by atoms with E-state index in [0.717, 1.165) is 11.8 Å². The van der Waals surface area contributed by atoms with Gasteiger partial charge in [0.25, 0.3) is 0 Å². The summed E-state index contributed by atoms with van der Waals surface area (Å²) in [7, 11) is 0. The molecule has 0 aliphatic rings. The van der Waals surface area contributed by atoms with Gasteiger partial charge in [-0.15, -0.1) is 11.8 Å². The number of aliphatic carboxylic acids is 1. The Labute approximate surface area is 90.9 Å². The van der Waals surface area contributed by atoms with Crippen molar-refractivity contribution in [2.24, 2.45) is 0 Å². The number of aromatic carboxylic acids is 1. The van der Waals surface area contributed by atoms with Gasteiger partial charge in [-0.25, -0.2) is 0 Å². The van der Waals surface area contributed by atoms with Crippen molar-refractivity contribution in [3.8, 4) is 0 Å². The molecule has 0 spiro atoms. The molecule has 0 saturated heterocycles. The van der Waals surface area contributed by atoms with Crippen LogP contribution in [0.2, 0.25) is 0 Å². The zero-order chi connectivity index (χ0) is 11.4. The van der Waals surface area contributed by atoms with Crippen LogP contribution in [0.3, 0.4) is 0 Å². The van der Waals surface area contributed by atoms with E-state index >= 15 is 0 Å². The molecule has 1 unspecified atom stereocenters. The molecule has 80 valence electrons. The molecule has 5 heteroatoms. The molecule has 1 rings (SSSR count). The minimum Gasteiger partial charge on any atom is -0.545 e. The number of carbonyl (C=O) groups is 2. The molecule has 0 saturated carbocycles. The molecule has 1 aromatic rings. The minimum atomic E-state index is -1.30. The van der Waals surface area contributed by atoms with Gasteiger partial charge in [0.05, 0.1) is 5.97 Å². The van der Waals surface area contributed by atoms with E-state index in [1.54, 1.807) is 18.2 Å². The third-order valence-corrected chi connectivity index (χ3v) is 2.92. The lowest BCUT2D eigenvalue weighted by molar-refractivity contribution is -0.255. The van der Waals surface area contributed by atoms with Crippen LogP contribution in [-0.4, -0.2) is 22.3 Å². The van der Waals surface area contributed by atoms with Crippen LogP contribution in [0.15, 0.2) is 29.2 Å². The van der Waals surface area contributed by atoms with Crippen molar-refractivity contribution in [3.63, 3.8) is 0 Å². The Balaban J connectivity index is 2.94. The van der Waals surface area contributed by atoms with E-state index in [1.165, 1.54) is 13.0 Å². The Bertz CT molecular complexity index is 389. The van der Waals surface area contributed by atoms with Gasteiger partial charge in [0.15, 0.2) is 0 Å². The maximum absolute atomic E-state index is 10.7. The smallest absolute Gasteiger partial charge is 0.316 e. The van der Waals surface area contributed by atoms with Gasteiger partial charge in [0.2, 0.25) is 0 Å². The molecule has 0 aliphatic heterocycles. The molecule has 0 aliphatic carbocycles. The quantitative estimate of drug-likeness (QED) is 0.760. The SMILES string of the molecule is CC(Sc1ccccc1C(=O)[O-])C(=O)O. The molecule has 1 atom stereocenters. The second-order valence-electron chi connectivity index (χ2n) is 2.88. The number of hydrogen-bond acceptors (Lipinski definition) is 4. The van der Waals surface area contributed by atoms with Crippen molar-refractivity contribution < 1.29 is 19.8 Å². The van der Waals surface area contributed by atoms with Gasteiger partial charge in [-0.3, -0.25) is 4.79 Å². The molecule has 0 aromatic heterocycles. The molecular formula is C10H9O4S-. The van der Waals surface area contributed by atoms with E-state index in [0.29, 0.717) is 4.90 Å². The topological polar surface area (TPSA) is 77.4 Å². The fraction of sp³-hybridized carbons (Fsp3) is 0.200. The van der Waals surface area contributed by atoms with E-state index < -0.39 is 17.2 Å². The maximum Gasteiger partial charge on any atom is 0.316 e. The minimum absolute atomic E-state index is 0.0237. The second kappa shape index (κ2) is 4.84. The Morgan fingerprint density at radius 3 is 2.53 bits per heavy atom. The number of carboxylic acid groups (broad SMARTS) is 2. The van der Waals surface area contributed by atoms with Crippen molar-refractivity contribution in [2.45, 2.75) is 17.1 Å². The monoisotopic (exact) mass is 225 g/mol. The number of carbonyl (C=O) groups excluding carboxylic acids is 1. The lowest BCUT2D eigenvalue weighted by Crippen LogP contribution is -2.23. The second-order valence-corrected chi connectivity index (χ2v) is 4.26. The lowest BCUT2D eigenvalue weighted by atomic mass is 10.2. The molecule has 0 heterocycles. The number of rotatable bonds is 4. The van der Waals surface area contributed by atoms with E-state index in [2.05, 4.69) is 0 Å². The zero-order valence-electron chi connectivity index (χ0n) is 7.97. The van der Waals surface area contributed by atoms with Crippen molar-refractivity contribution >= 4 is 23.7 Å². The predicted molar refractivity (Wildman–Crippen MR) is 53.7 cm³/mol. The molecule has 0 amide bonds. The van der Waals surface area contributed by atoms with Crippen LogP contribution in [0.25, 0.3) is 0 Å². The molecule has 15 heavy (non-hydrogen) atoms. The Morgan fingerprint density at radius 1 is 1.40 bits per heavy atom. The van der Waals surface area contributed by atoms with Gasteiger partial charge < -0.3 is 15.0 Å². The van der Waals surface area contributed by atoms with Gasteiger partial charge in [0.1, 0.15) is 5.25 Å². The molecule has 0 fully saturated rings. The molecule has 1 N–H and O–H groups in total. The largest absolute Gasteiger partial charge is 0.545 e. The van der Waals surface area contributed by atoms with Gasteiger partial charge in [0, 0.05) is 10.5 Å². The van der Waals surface area contributed by atoms with Crippen LogP contribution in [0.5, 0.6) is 0 Å². The predicted octanol–water partition coefficient (Wildman–Crippen LogP) is 0.615. The molecular weight excluding hydrogens is 216 g/mol. The molecule has 0 radical (unpaired) electrons. The highest BCUT2D eigenvalue weighted by molar-refractivity contribution is 8.00. The first-order valence-corrected chi connectivity index (χ1v) is 5.10. The van der Waals surface area contributed by atoms with Crippen LogP contribution >= 0.6 is 11.8 Å². The summed E-state index contributed by atoms with van der Waals surface area (Å²) in [6, 6.07) is 6.19. The van der Waals surface area contributed by atoms with Crippen LogP contribution in [0.4, 0.5) is 0 Å². The summed E-state index contributed by atoms with van der Waals surface area (Å²) in [5, 5.41) is 18.7. The summed E-state index contributed by atoms with van der Waals surface area (Å²) in [5.74, 6) is -2.27. The molecule has 1 aromatic carbocycles. The first-order chi connectivity index (χ1) is 7.02. The Hall–Kier alpha value is -1.49. The van der Waals surface area contributed by atoms with Crippen LogP contribution in [0.1, 0.15) is 17.3 Å². The highest BCUT2D eigenvalue weighted by Gasteiger charge is 2.14. The van der Waals surface area contributed by atoms with E-state index in [4.69, 9.17) is 5.11 Å². The fourth-order valence-corrected chi connectivity index (χ4v) is 1.90. The standard InChI is InChI=1S/C10H10O4S/c1-6(9(11)12)15-8-5-3-2-4-7(8)10(13)14/h2-6H,1H3,(H,11,12)(H,13,14)/p-1. The van der Waals surface area contributed by atoms with Gasteiger partial charge >= 0.3 is 5.97 Å². The van der Waals surface area contributed by atoms with E-state index in [-0.39, 0.29) is 5.56 Å². The maximum atomic E-state index is 10.7. The summed E-state index contributed by atoms with van der Waals surface area (Å²) in [5.41, 5.74) is 0.0237. The first kappa shape index (κ1) is 11.6. The average molecular weight is 225 g/mol. The third-order valence-electron chi connectivity index (χ3n) is 1.76. The first-order valence-electron chi connectivity index (χ1n) is 4.22. The van der Waals surface area contributed by atoms with Gasteiger partial charge in [-0.1, -0.05) is 18.2 Å². The number of hydrogen-bond donors (Lipinski definition) is 1. The number of carboxylic acids is 2. The Morgan fingerprint density at radius 2 is 2.00 bits per heavy atom. The molecule has 4 nitrogen and oxygen atoms in total. The summed E-state index contributed by atoms with van der Waals surface area (Å²) < 4.78 is 0. The highest BCUT2D eigenvalue weighted by Crippen LogP contribution is 2.26. The van der Waals surface area contributed by atoms with Gasteiger partial charge in [-0.2, -0.15) is 0 Å². The normalized spacial score (nSPS) is 12.1. The number of thioether (sulfide) groups is 1. The summed E-state index contributed by atoms with van der Waals surface area (Å²) in [6.45, 7) is 1.50. The van der Waals surface area contributed by atoms with Crippen LogP contribution in [-0.2, 0) is 4.79 Å². The van der Waals surface area contributed by atoms with Crippen molar-refractivity contribution in [1.82, 2.24) is 0 Å². The third kappa shape index (κ3) is 2.99. The van der Waals surface area contributed by atoms with Crippen molar-refractivity contribution in [3.05, 3.63) is 29.8 Å².